The lowest BCUT2D eigenvalue weighted by Gasteiger charge is -2.19. The number of halogens is 2. The lowest BCUT2D eigenvalue weighted by Crippen LogP contribution is -2.39. The molecule has 2 unspecified atom stereocenters. The fourth-order valence-electron chi connectivity index (χ4n) is 2.20. The van der Waals surface area contributed by atoms with Gasteiger partial charge in [-0.1, -0.05) is 18.0 Å². The molecular formula is C11H16Cl2N2OS. The Morgan fingerprint density at radius 1 is 1.59 bits per heavy atom. The minimum atomic E-state index is -0.0645. The maximum Gasteiger partial charge on any atom is 0.263 e. The van der Waals surface area contributed by atoms with Crippen LogP contribution in [0.3, 0.4) is 0 Å². The van der Waals surface area contributed by atoms with Gasteiger partial charge in [-0.2, -0.15) is 0 Å². The first-order valence-corrected chi connectivity index (χ1v) is 6.72. The Bertz CT molecular complexity index is 383. The second-order valence-electron chi connectivity index (χ2n) is 4.10. The van der Waals surface area contributed by atoms with Crippen LogP contribution < -0.4 is 11.1 Å². The molecule has 96 valence electrons. The molecule has 2 rings (SSSR count). The molecule has 1 aliphatic carbocycles. The van der Waals surface area contributed by atoms with Crippen molar-refractivity contribution in [3.05, 3.63) is 21.3 Å². The minimum absolute atomic E-state index is 0. The van der Waals surface area contributed by atoms with Crippen molar-refractivity contribution in [3.8, 4) is 0 Å². The molecule has 1 fully saturated rings. The molecule has 0 aliphatic heterocycles. The van der Waals surface area contributed by atoms with Gasteiger partial charge in [0.1, 0.15) is 4.88 Å². The van der Waals surface area contributed by atoms with Gasteiger partial charge in [0.2, 0.25) is 0 Å². The number of nitrogens with one attached hydrogen (secondary N) is 1. The molecule has 6 heteroatoms. The highest BCUT2D eigenvalue weighted by Gasteiger charge is 2.28. The lowest BCUT2D eigenvalue weighted by molar-refractivity contribution is 0.0933. The van der Waals surface area contributed by atoms with Crippen molar-refractivity contribution >= 4 is 41.3 Å². The smallest absolute Gasteiger partial charge is 0.263 e. The van der Waals surface area contributed by atoms with E-state index in [9.17, 15) is 4.79 Å². The van der Waals surface area contributed by atoms with Gasteiger partial charge in [-0.25, -0.2) is 0 Å². The van der Waals surface area contributed by atoms with Crippen LogP contribution in [0, 0.1) is 5.92 Å². The second-order valence-corrected chi connectivity index (χ2v) is 5.43. The van der Waals surface area contributed by atoms with E-state index in [0.717, 1.165) is 19.3 Å². The van der Waals surface area contributed by atoms with Crippen LogP contribution >= 0.6 is 35.3 Å². The van der Waals surface area contributed by atoms with Crippen LogP contribution in [0.15, 0.2) is 11.4 Å². The van der Waals surface area contributed by atoms with Gasteiger partial charge in [0.15, 0.2) is 0 Å². The first-order chi connectivity index (χ1) is 7.72. The largest absolute Gasteiger partial charge is 0.348 e. The summed E-state index contributed by atoms with van der Waals surface area (Å²) >= 11 is 7.29. The number of amides is 1. The van der Waals surface area contributed by atoms with Crippen LogP contribution in [0.4, 0.5) is 0 Å². The fourth-order valence-corrected chi connectivity index (χ4v) is 3.24. The number of rotatable bonds is 3. The molecule has 0 spiro atoms. The van der Waals surface area contributed by atoms with Gasteiger partial charge >= 0.3 is 0 Å². The van der Waals surface area contributed by atoms with Gasteiger partial charge in [-0.05, 0) is 36.8 Å². The van der Waals surface area contributed by atoms with Crippen molar-refractivity contribution < 1.29 is 4.79 Å². The summed E-state index contributed by atoms with van der Waals surface area (Å²) in [7, 11) is 0. The molecule has 1 saturated carbocycles. The fraction of sp³-hybridized carbons (Fsp3) is 0.545. The summed E-state index contributed by atoms with van der Waals surface area (Å²) in [5.41, 5.74) is 5.67. The van der Waals surface area contributed by atoms with Gasteiger partial charge < -0.3 is 11.1 Å². The SMILES string of the molecule is Cl.NCC1CCCC1NC(=O)c1sccc1Cl. The predicted octanol–water partition coefficient (Wildman–Crippen LogP) is 2.68. The Balaban J connectivity index is 0.00000144. The molecule has 1 heterocycles. The van der Waals surface area contributed by atoms with E-state index < -0.39 is 0 Å². The first kappa shape index (κ1) is 14.8. The highest BCUT2D eigenvalue weighted by atomic mass is 35.5. The molecule has 1 aliphatic rings. The monoisotopic (exact) mass is 294 g/mol. The minimum Gasteiger partial charge on any atom is -0.348 e. The topological polar surface area (TPSA) is 55.1 Å². The molecule has 0 bridgehead atoms. The van der Waals surface area contributed by atoms with Crippen LogP contribution in [0.2, 0.25) is 5.02 Å². The number of carbonyl (C=O) groups excluding carboxylic acids is 1. The van der Waals surface area contributed by atoms with Crippen molar-refractivity contribution in [2.45, 2.75) is 25.3 Å². The van der Waals surface area contributed by atoms with Gasteiger partial charge in [-0.15, -0.1) is 23.7 Å². The van der Waals surface area contributed by atoms with Crippen LogP contribution in [0.5, 0.6) is 0 Å². The first-order valence-electron chi connectivity index (χ1n) is 5.46. The van der Waals surface area contributed by atoms with Crippen LogP contribution in [-0.2, 0) is 0 Å². The van der Waals surface area contributed by atoms with Gasteiger partial charge in [0.25, 0.3) is 5.91 Å². The summed E-state index contributed by atoms with van der Waals surface area (Å²) in [6.07, 6.45) is 3.28. The normalized spacial score (nSPS) is 23.2. The van der Waals surface area contributed by atoms with Gasteiger partial charge in [0.05, 0.1) is 5.02 Å². The average Bonchev–Trinajstić information content (AvgIpc) is 2.86. The molecule has 0 aromatic carbocycles. The summed E-state index contributed by atoms with van der Waals surface area (Å²) in [6.45, 7) is 0.642. The van der Waals surface area contributed by atoms with E-state index in [1.165, 1.54) is 11.3 Å². The molecule has 3 nitrogen and oxygen atoms in total. The second kappa shape index (κ2) is 6.59. The van der Waals surface area contributed by atoms with Crippen molar-refractivity contribution in [2.75, 3.05) is 6.54 Å². The molecule has 0 saturated heterocycles. The maximum absolute atomic E-state index is 11.9. The highest BCUT2D eigenvalue weighted by Crippen LogP contribution is 2.26. The molecule has 3 N–H and O–H groups in total. The van der Waals surface area contributed by atoms with Crippen molar-refractivity contribution in [3.63, 3.8) is 0 Å². The standard InChI is InChI=1S/C11H15ClN2OS.ClH/c12-8-4-5-16-10(8)11(15)14-9-3-1-2-7(9)6-13;/h4-5,7,9H,1-3,6,13H2,(H,14,15);1H. The van der Waals surface area contributed by atoms with E-state index in [0.29, 0.717) is 22.4 Å². The summed E-state index contributed by atoms with van der Waals surface area (Å²) < 4.78 is 0. The van der Waals surface area contributed by atoms with Gasteiger partial charge in [0, 0.05) is 6.04 Å². The zero-order valence-electron chi connectivity index (χ0n) is 9.32. The Morgan fingerprint density at radius 2 is 2.35 bits per heavy atom. The number of carbonyl (C=O) groups is 1. The van der Waals surface area contributed by atoms with Crippen molar-refractivity contribution in [2.24, 2.45) is 11.7 Å². The third kappa shape index (κ3) is 3.35. The third-order valence-corrected chi connectivity index (χ3v) is 4.44. The third-order valence-electron chi connectivity index (χ3n) is 3.10. The number of hydrogen-bond donors (Lipinski definition) is 2. The molecule has 1 amide bonds. The quantitative estimate of drug-likeness (QED) is 0.900. The molecule has 1 aromatic heterocycles. The van der Waals surface area contributed by atoms with E-state index in [4.69, 9.17) is 17.3 Å². The van der Waals surface area contributed by atoms with E-state index in [1.807, 2.05) is 5.38 Å². The highest BCUT2D eigenvalue weighted by molar-refractivity contribution is 7.12. The number of nitrogens with two attached hydrogens (primary N) is 1. The van der Waals surface area contributed by atoms with E-state index >= 15 is 0 Å². The van der Waals surface area contributed by atoms with Crippen LogP contribution in [-0.4, -0.2) is 18.5 Å². The molecule has 1 aromatic rings. The predicted molar refractivity (Wildman–Crippen MR) is 74.2 cm³/mol. The molecule has 17 heavy (non-hydrogen) atoms. The summed E-state index contributed by atoms with van der Waals surface area (Å²) in [5, 5.41) is 5.39. The van der Waals surface area contributed by atoms with Crippen LogP contribution in [0.1, 0.15) is 28.9 Å². The summed E-state index contributed by atoms with van der Waals surface area (Å²) in [6, 6.07) is 1.96. The zero-order chi connectivity index (χ0) is 11.5. The Morgan fingerprint density at radius 3 is 2.94 bits per heavy atom. The number of thiophene rings is 1. The lowest BCUT2D eigenvalue weighted by atomic mass is 10.0. The Labute approximate surface area is 116 Å². The van der Waals surface area contributed by atoms with Crippen LogP contribution in [0.25, 0.3) is 0 Å². The summed E-state index contributed by atoms with van der Waals surface area (Å²) in [4.78, 5) is 12.5. The molecule has 2 atom stereocenters. The molecule has 0 radical (unpaired) electrons. The van der Waals surface area contributed by atoms with E-state index in [2.05, 4.69) is 5.32 Å². The zero-order valence-corrected chi connectivity index (χ0v) is 11.7. The van der Waals surface area contributed by atoms with Gasteiger partial charge in [-0.3, -0.25) is 4.79 Å². The maximum atomic E-state index is 11.9. The summed E-state index contributed by atoms with van der Waals surface area (Å²) in [5.74, 6) is 0.355. The molecular weight excluding hydrogens is 279 g/mol. The van der Waals surface area contributed by atoms with E-state index in [-0.39, 0.29) is 24.4 Å². The average molecular weight is 295 g/mol. The Kier molecular flexibility index (Phi) is 5.73. The van der Waals surface area contributed by atoms with E-state index in [1.54, 1.807) is 6.07 Å². The van der Waals surface area contributed by atoms with Crippen molar-refractivity contribution in [1.82, 2.24) is 5.32 Å². The van der Waals surface area contributed by atoms with Crippen molar-refractivity contribution in [1.29, 1.82) is 0 Å². The number of hydrogen-bond acceptors (Lipinski definition) is 3. The Hall–Kier alpha value is -0.290.